The maximum absolute atomic E-state index is 14.4. The molecule has 0 fully saturated rings. The van der Waals surface area contributed by atoms with Crippen LogP contribution in [0.3, 0.4) is 0 Å². The van der Waals surface area contributed by atoms with E-state index in [9.17, 15) is 4.39 Å². The van der Waals surface area contributed by atoms with Gasteiger partial charge in [0, 0.05) is 5.39 Å². The van der Waals surface area contributed by atoms with Crippen molar-refractivity contribution < 1.29 is 9.13 Å². The van der Waals surface area contributed by atoms with Crippen LogP contribution in [0.15, 0.2) is 43.0 Å². The van der Waals surface area contributed by atoms with Crippen molar-refractivity contribution in [3.63, 3.8) is 0 Å². The zero-order chi connectivity index (χ0) is 17.4. The van der Waals surface area contributed by atoms with Crippen molar-refractivity contribution in [3.05, 3.63) is 54.4 Å². The Morgan fingerprint density at radius 1 is 1.16 bits per heavy atom. The van der Waals surface area contributed by atoms with E-state index in [1.807, 2.05) is 25.1 Å². The number of rotatable bonds is 4. The van der Waals surface area contributed by atoms with Crippen LogP contribution < -0.4 is 10.1 Å². The molecule has 0 bridgehead atoms. The van der Waals surface area contributed by atoms with E-state index in [1.54, 1.807) is 18.5 Å². The van der Waals surface area contributed by atoms with Crippen LogP contribution in [0.4, 0.5) is 10.2 Å². The number of ether oxygens (including phenoxy) is 1. The molecule has 0 saturated carbocycles. The molecule has 0 aliphatic carbocycles. The Kier molecular flexibility index (Phi) is 3.68. The van der Waals surface area contributed by atoms with Gasteiger partial charge in [0.1, 0.15) is 17.7 Å². The first-order valence-electron chi connectivity index (χ1n) is 7.84. The van der Waals surface area contributed by atoms with Gasteiger partial charge in [-0.2, -0.15) is 0 Å². The van der Waals surface area contributed by atoms with Crippen LogP contribution in [-0.4, -0.2) is 27.0 Å². The maximum Gasteiger partial charge on any atom is 0.191 e. The van der Waals surface area contributed by atoms with Gasteiger partial charge in [-0.05, 0) is 36.8 Å². The summed E-state index contributed by atoms with van der Waals surface area (Å²) in [5, 5.41) is 3.94. The van der Waals surface area contributed by atoms with Gasteiger partial charge in [-0.15, -0.1) is 0 Å². The van der Waals surface area contributed by atoms with Crippen LogP contribution in [0.5, 0.6) is 5.75 Å². The van der Waals surface area contributed by atoms with Crippen molar-refractivity contribution >= 4 is 27.8 Å². The second kappa shape index (κ2) is 6.01. The maximum atomic E-state index is 14.4. The lowest BCUT2D eigenvalue weighted by atomic mass is 10.1. The number of H-pyrrole nitrogens is 1. The molecule has 0 spiro atoms. The minimum atomic E-state index is -0.489. The Bertz CT molecular complexity index is 1060. The molecule has 0 amide bonds. The number of fused-ring (bicyclic) bond motifs is 2. The summed E-state index contributed by atoms with van der Waals surface area (Å²) in [4.78, 5) is 15.6. The van der Waals surface area contributed by atoms with Gasteiger partial charge in [-0.25, -0.2) is 19.3 Å². The molecule has 2 heterocycles. The summed E-state index contributed by atoms with van der Waals surface area (Å²) in [6.45, 7) is 2.02. The van der Waals surface area contributed by atoms with Crippen molar-refractivity contribution in [2.75, 3.05) is 12.4 Å². The minimum Gasteiger partial charge on any atom is -0.494 e. The summed E-state index contributed by atoms with van der Waals surface area (Å²) in [6.07, 6.45) is 3.01. The number of halogens is 1. The van der Waals surface area contributed by atoms with Crippen molar-refractivity contribution in [1.29, 1.82) is 0 Å². The molecule has 2 aromatic heterocycles. The van der Waals surface area contributed by atoms with Crippen molar-refractivity contribution in [2.24, 2.45) is 0 Å². The number of imidazole rings is 1. The van der Waals surface area contributed by atoms with Crippen LogP contribution in [-0.2, 0) is 0 Å². The van der Waals surface area contributed by atoms with Gasteiger partial charge < -0.3 is 15.0 Å². The summed E-state index contributed by atoms with van der Waals surface area (Å²) >= 11 is 0. The fourth-order valence-corrected chi connectivity index (χ4v) is 2.86. The van der Waals surface area contributed by atoms with Gasteiger partial charge in [0.05, 0.1) is 30.5 Å². The van der Waals surface area contributed by atoms with Gasteiger partial charge in [-0.3, -0.25) is 0 Å². The molecule has 25 heavy (non-hydrogen) atoms. The Balaban J connectivity index is 1.71. The summed E-state index contributed by atoms with van der Waals surface area (Å²) in [5.41, 5.74) is 3.18. The molecule has 7 heteroatoms. The van der Waals surface area contributed by atoms with Crippen LogP contribution in [0.2, 0.25) is 0 Å². The third kappa shape index (κ3) is 2.63. The Morgan fingerprint density at radius 2 is 2.04 bits per heavy atom. The second-order valence-electron chi connectivity index (χ2n) is 5.75. The van der Waals surface area contributed by atoms with Gasteiger partial charge in [-0.1, -0.05) is 6.07 Å². The van der Waals surface area contributed by atoms with Crippen LogP contribution in [0, 0.1) is 5.82 Å². The fraction of sp³-hybridized carbons (Fsp3) is 0.167. The van der Waals surface area contributed by atoms with Gasteiger partial charge in [0.2, 0.25) is 0 Å². The molecule has 0 aliphatic rings. The van der Waals surface area contributed by atoms with E-state index >= 15 is 0 Å². The van der Waals surface area contributed by atoms with Crippen LogP contribution in [0.1, 0.15) is 18.5 Å². The molecule has 2 N–H and O–H groups in total. The second-order valence-corrected chi connectivity index (χ2v) is 5.75. The number of benzene rings is 2. The van der Waals surface area contributed by atoms with Crippen LogP contribution in [0.25, 0.3) is 21.9 Å². The average Bonchev–Trinajstić information content (AvgIpc) is 3.10. The van der Waals surface area contributed by atoms with Crippen molar-refractivity contribution in [1.82, 2.24) is 19.9 Å². The molecule has 0 radical (unpaired) electrons. The number of anilines is 1. The molecule has 4 aromatic rings. The predicted octanol–water partition coefficient (Wildman–Crippen LogP) is 3.83. The molecule has 6 nitrogen and oxygen atoms in total. The number of hydrogen-bond acceptors (Lipinski definition) is 5. The molecule has 1 atom stereocenters. The van der Waals surface area contributed by atoms with Crippen molar-refractivity contribution in [2.45, 2.75) is 13.0 Å². The third-order valence-corrected chi connectivity index (χ3v) is 4.23. The summed E-state index contributed by atoms with van der Waals surface area (Å²) in [5.74, 6) is 0.246. The van der Waals surface area contributed by atoms with Crippen molar-refractivity contribution in [3.8, 4) is 5.75 Å². The molecule has 4 rings (SSSR count). The first kappa shape index (κ1) is 15.3. The zero-order valence-electron chi connectivity index (χ0n) is 13.7. The molecule has 2 aromatic carbocycles. The summed E-state index contributed by atoms with van der Waals surface area (Å²) < 4.78 is 19.4. The average molecular weight is 337 g/mol. The number of hydrogen-bond donors (Lipinski definition) is 2. The number of aromatic amines is 1. The van der Waals surface area contributed by atoms with E-state index in [-0.39, 0.29) is 17.3 Å². The number of nitrogens with zero attached hydrogens (tertiary/aromatic N) is 3. The van der Waals surface area contributed by atoms with E-state index in [2.05, 4.69) is 25.3 Å². The lowest BCUT2D eigenvalue weighted by molar-refractivity contribution is 0.388. The summed E-state index contributed by atoms with van der Waals surface area (Å²) in [6, 6.07) is 9.30. The smallest absolute Gasteiger partial charge is 0.191 e. The van der Waals surface area contributed by atoms with E-state index in [0.29, 0.717) is 11.2 Å². The van der Waals surface area contributed by atoms with Gasteiger partial charge in [0.15, 0.2) is 11.6 Å². The quantitative estimate of drug-likeness (QED) is 0.592. The number of methoxy groups -OCH3 is 1. The largest absolute Gasteiger partial charge is 0.494 e. The van der Waals surface area contributed by atoms with Gasteiger partial charge >= 0.3 is 0 Å². The van der Waals surface area contributed by atoms with Gasteiger partial charge in [0.25, 0.3) is 0 Å². The monoisotopic (exact) mass is 337 g/mol. The topological polar surface area (TPSA) is 75.7 Å². The SMILES string of the molecule is COc1ccc2c(NC(C)c3ccc4nc[nH]c4c3)ncnc2c1F. The van der Waals surface area contributed by atoms with E-state index in [1.165, 1.54) is 13.4 Å². The third-order valence-electron chi connectivity index (χ3n) is 4.23. The highest BCUT2D eigenvalue weighted by molar-refractivity contribution is 5.90. The first-order valence-corrected chi connectivity index (χ1v) is 7.84. The highest BCUT2D eigenvalue weighted by Gasteiger charge is 2.15. The van der Waals surface area contributed by atoms with E-state index < -0.39 is 5.82 Å². The lowest BCUT2D eigenvalue weighted by Crippen LogP contribution is -2.09. The molecule has 1 unspecified atom stereocenters. The lowest BCUT2D eigenvalue weighted by Gasteiger charge is -2.16. The first-order chi connectivity index (χ1) is 12.2. The molecule has 126 valence electrons. The Labute approximate surface area is 143 Å². The highest BCUT2D eigenvalue weighted by atomic mass is 19.1. The molecule has 0 saturated heterocycles. The predicted molar refractivity (Wildman–Crippen MR) is 94.2 cm³/mol. The zero-order valence-corrected chi connectivity index (χ0v) is 13.7. The number of aromatic nitrogens is 4. The Morgan fingerprint density at radius 3 is 2.88 bits per heavy atom. The molecular formula is C18H16FN5O. The molecule has 0 aliphatic heterocycles. The van der Waals surface area contributed by atoms with Crippen LogP contribution >= 0.6 is 0 Å². The van der Waals surface area contributed by atoms with E-state index in [4.69, 9.17) is 4.74 Å². The Hall–Kier alpha value is -3.22. The normalized spacial score (nSPS) is 12.4. The molecular weight excluding hydrogens is 321 g/mol. The fourth-order valence-electron chi connectivity index (χ4n) is 2.86. The number of nitrogens with one attached hydrogen (secondary N) is 2. The standard InChI is InChI=1S/C18H16FN5O/c1-10(11-3-5-13-14(7-11)21-8-20-13)24-18-12-4-6-15(25-2)16(19)17(12)22-9-23-18/h3-10H,1-2H3,(H,20,21)(H,22,23,24). The van der Waals surface area contributed by atoms with E-state index in [0.717, 1.165) is 16.6 Å². The highest BCUT2D eigenvalue weighted by Crippen LogP contribution is 2.30. The summed E-state index contributed by atoms with van der Waals surface area (Å²) in [7, 11) is 1.43. The minimum absolute atomic E-state index is 0.0315.